The molecule has 0 saturated carbocycles. The summed E-state index contributed by atoms with van der Waals surface area (Å²) in [7, 11) is 3.17. The Morgan fingerprint density at radius 1 is 1.08 bits per heavy atom. The van der Waals surface area contributed by atoms with E-state index in [1.807, 2.05) is 56.3 Å². The van der Waals surface area contributed by atoms with E-state index in [2.05, 4.69) is 10.3 Å². The van der Waals surface area contributed by atoms with Crippen molar-refractivity contribution in [3.8, 4) is 11.5 Å². The second-order valence-electron chi connectivity index (χ2n) is 8.55. The van der Waals surface area contributed by atoms with Crippen molar-refractivity contribution in [1.29, 1.82) is 0 Å². The van der Waals surface area contributed by atoms with Crippen molar-refractivity contribution in [2.45, 2.75) is 32.9 Å². The zero-order chi connectivity index (χ0) is 25.7. The zero-order valence-corrected chi connectivity index (χ0v) is 20.9. The number of hydrazone groups is 1. The standard InChI is InChI=1S/C28H30N4O4/c1-5-19-17-25(33)32(31-26(19)20-13-14-23(35-3)24(16-20)36-4)27(21-11-7-6-10-18(21)2)30-28(34)22-12-8-9-15-29-22/h6-16,19,27H,5,17H2,1-4H3,(H,30,34). The molecule has 1 aliphatic rings. The summed E-state index contributed by atoms with van der Waals surface area (Å²) in [6.07, 6.45) is 1.76. The van der Waals surface area contributed by atoms with Gasteiger partial charge in [0.25, 0.3) is 5.91 Å². The molecule has 0 radical (unpaired) electrons. The van der Waals surface area contributed by atoms with Crippen LogP contribution in [0.3, 0.4) is 0 Å². The van der Waals surface area contributed by atoms with E-state index in [4.69, 9.17) is 14.6 Å². The minimum Gasteiger partial charge on any atom is -0.493 e. The lowest BCUT2D eigenvalue weighted by atomic mass is 9.89. The maximum absolute atomic E-state index is 13.4. The van der Waals surface area contributed by atoms with Gasteiger partial charge in [-0.15, -0.1) is 0 Å². The van der Waals surface area contributed by atoms with Gasteiger partial charge in [0, 0.05) is 24.1 Å². The smallest absolute Gasteiger partial charge is 0.271 e. The molecule has 2 heterocycles. The summed E-state index contributed by atoms with van der Waals surface area (Å²) in [4.78, 5) is 30.7. The lowest BCUT2D eigenvalue weighted by Gasteiger charge is -2.35. The Bertz CT molecular complexity index is 1280. The first-order valence-electron chi connectivity index (χ1n) is 11.9. The van der Waals surface area contributed by atoms with E-state index in [0.717, 1.165) is 28.8 Å². The highest BCUT2D eigenvalue weighted by atomic mass is 16.5. The van der Waals surface area contributed by atoms with Gasteiger partial charge in [0.05, 0.1) is 19.9 Å². The monoisotopic (exact) mass is 486 g/mol. The van der Waals surface area contributed by atoms with Crippen LogP contribution in [0, 0.1) is 12.8 Å². The molecule has 8 nitrogen and oxygen atoms in total. The van der Waals surface area contributed by atoms with E-state index in [1.54, 1.807) is 38.6 Å². The first kappa shape index (κ1) is 24.9. The van der Waals surface area contributed by atoms with Gasteiger partial charge >= 0.3 is 0 Å². The van der Waals surface area contributed by atoms with Crippen LogP contribution in [0.4, 0.5) is 0 Å². The molecule has 3 aromatic rings. The fourth-order valence-electron chi connectivity index (χ4n) is 4.34. The molecular formula is C28H30N4O4. The van der Waals surface area contributed by atoms with E-state index in [1.165, 1.54) is 5.01 Å². The number of benzene rings is 2. The summed E-state index contributed by atoms with van der Waals surface area (Å²) >= 11 is 0. The molecule has 4 rings (SSSR count). The van der Waals surface area contributed by atoms with Crippen molar-refractivity contribution in [2.24, 2.45) is 11.0 Å². The fraction of sp³-hybridized carbons (Fsp3) is 0.286. The van der Waals surface area contributed by atoms with Crippen LogP contribution < -0.4 is 14.8 Å². The number of nitrogens with one attached hydrogen (secondary N) is 1. The number of ether oxygens (including phenoxy) is 2. The van der Waals surface area contributed by atoms with Crippen LogP contribution in [0.2, 0.25) is 0 Å². The van der Waals surface area contributed by atoms with E-state index in [-0.39, 0.29) is 23.9 Å². The molecule has 36 heavy (non-hydrogen) atoms. The van der Waals surface area contributed by atoms with Crippen molar-refractivity contribution in [2.75, 3.05) is 14.2 Å². The van der Waals surface area contributed by atoms with Gasteiger partial charge in [-0.2, -0.15) is 5.10 Å². The Labute approximate surface area is 210 Å². The van der Waals surface area contributed by atoms with Crippen LogP contribution in [0.5, 0.6) is 11.5 Å². The Kier molecular flexibility index (Phi) is 7.63. The lowest BCUT2D eigenvalue weighted by Crippen LogP contribution is -2.46. The van der Waals surface area contributed by atoms with Crippen molar-refractivity contribution in [3.05, 3.63) is 89.2 Å². The summed E-state index contributed by atoms with van der Waals surface area (Å²) in [6.45, 7) is 3.98. The van der Waals surface area contributed by atoms with Crippen LogP contribution in [-0.4, -0.2) is 41.7 Å². The number of methoxy groups -OCH3 is 2. The molecule has 2 amide bonds. The maximum Gasteiger partial charge on any atom is 0.271 e. The number of aromatic nitrogens is 1. The minimum absolute atomic E-state index is 0.0733. The second kappa shape index (κ2) is 11.0. The predicted octanol–water partition coefficient (Wildman–Crippen LogP) is 4.50. The molecule has 0 saturated heterocycles. The quantitative estimate of drug-likeness (QED) is 0.506. The summed E-state index contributed by atoms with van der Waals surface area (Å²) < 4.78 is 10.9. The summed E-state index contributed by atoms with van der Waals surface area (Å²) in [5, 5.41) is 9.23. The number of aryl methyl sites for hydroxylation is 1. The average molecular weight is 487 g/mol. The number of carbonyl (C=O) groups is 2. The molecule has 1 aromatic heterocycles. The Morgan fingerprint density at radius 3 is 2.50 bits per heavy atom. The van der Waals surface area contributed by atoms with Gasteiger partial charge < -0.3 is 14.8 Å². The Hall–Kier alpha value is -4.20. The predicted molar refractivity (Wildman–Crippen MR) is 137 cm³/mol. The van der Waals surface area contributed by atoms with Gasteiger partial charge in [0.15, 0.2) is 17.7 Å². The molecule has 0 aliphatic carbocycles. The van der Waals surface area contributed by atoms with Gasteiger partial charge in [-0.3, -0.25) is 14.6 Å². The number of hydrogen-bond acceptors (Lipinski definition) is 6. The highest BCUT2D eigenvalue weighted by Crippen LogP contribution is 2.34. The van der Waals surface area contributed by atoms with Crippen LogP contribution in [0.15, 0.2) is 72.0 Å². The highest BCUT2D eigenvalue weighted by molar-refractivity contribution is 6.06. The van der Waals surface area contributed by atoms with Gasteiger partial charge in [-0.1, -0.05) is 37.3 Å². The number of amides is 2. The number of rotatable bonds is 8. The molecule has 8 heteroatoms. The van der Waals surface area contributed by atoms with Gasteiger partial charge in [-0.25, -0.2) is 5.01 Å². The third kappa shape index (κ3) is 5.07. The van der Waals surface area contributed by atoms with Crippen LogP contribution in [-0.2, 0) is 4.79 Å². The van der Waals surface area contributed by atoms with Gasteiger partial charge in [0.2, 0.25) is 5.91 Å². The van der Waals surface area contributed by atoms with Crippen molar-refractivity contribution in [1.82, 2.24) is 15.3 Å². The molecular weight excluding hydrogens is 456 g/mol. The summed E-state index contributed by atoms with van der Waals surface area (Å²) in [5.74, 6) is 0.558. The molecule has 2 aromatic carbocycles. The first-order valence-corrected chi connectivity index (χ1v) is 11.9. The molecule has 2 atom stereocenters. The van der Waals surface area contributed by atoms with Crippen LogP contribution >= 0.6 is 0 Å². The number of hydrogen-bond donors (Lipinski definition) is 1. The van der Waals surface area contributed by atoms with E-state index in [0.29, 0.717) is 11.5 Å². The fourth-order valence-corrected chi connectivity index (χ4v) is 4.34. The van der Waals surface area contributed by atoms with E-state index >= 15 is 0 Å². The number of nitrogens with zero attached hydrogens (tertiary/aromatic N) is 3. The Morgan fingerprint density at radius 2 is 1.83 bits per heavy atom. The zero-order valence-electron chi connectivity index (χ0n) is 20.9. The normalized spacial score (nSPS) is 16.2. The average Bonchev–Trinajstić information content (AvgIpc) is 2.92. The molecule has 186 valence electrons. The van der Waals surface area contributed by atoms with Gasteiger partial charge in [0.1, 0.15) is 5.69 Å². The van der Waals surface area contributed by atoms with Crippen LogP contribution in [0.25, 0.3) is 0 Å². The topological polar surface area (TPSA) is 93.1 Å². The minimum atomic E-state index is -0.804. The van der Waals surface area contributed by atoms with E-state index in [9.17, 15) is 9.59 Å². The molecule has 1 aliphatic heterocycles. The third-order valence-electron chi connectivity index (χ3n) is 6.34. The van der Waals surface area contributed by atoms with Crippen LogP contribution in [0.1, 0.15) is 53.1 Å². The SMILES string of the molecule is CCC1CC(=O)N(C(NC(=O)c2ccccn2)c2ccccc2C)N=C1c1ccc(OC)c(OC)c1. The molecule has 2 unspecified atom stereocenters. The molecule has 1 N–H and O–H groups in total. The number of carbonyl (C=O) groups excluding carboxylic acids is 2. The lowest BCUT2D eigenvalue weighted by molar-refractivity contribution is -0.135. The molecule has 0 spiro atoms. The largest absolute Gasteiger partial charge is 0.493 e. The van der Waals surface area contributed by atoms with Crippen molar-refractivity contribution in [3.63, 3.8) is 0 Å². The maximum atomic E-state index is 13.4. The second-order valence-corrected chi connectivity index (χ2v) is 8.55. The Balaban J connectivity index is 1.80. The third-order valence-corrected chi connectivity index (χ3v) is 6.34. The van der Waals surface area contributed by atoms with E-state index < -0.39 is 12.1 Å². The van der Waals surface area contributed by atoms with Crippen molar-refractivity contribution < 1.29 is 19.1 Å². The summed E-state index contributed by atoms with van der Waals surface area (Å²) in [6, 6.07) is 18.4. The number of pyridine rings is 1. The molecule has 0 fully saturated rings. The molecule has 0 bridgehead atoms. The highest BCUT2D eigenvalue weighted by Gasteiger charge is 2.35. The summed E-state index contributed by atoms with van der Waals surface area (Å²) in [5.41, 5.74) is 3.55. The van der Waals surface area contributed by atoms with Gasteiger partial charge in [-0.05, 0) is 54.8 Å². The van der Waals surface area contributed by atoms with Crippen molar-refractivity contribution >= 4 is 17.5 Å². The first-order chi connectivity index (χ1) is 17.5.